The van der Waals surface area contributed by atoms with Crippen molar-refractivity contribution in [1.82, 2.24) is 30.2 Å². The molecule has 0 aliphatic carbocycles. The first-order valence-corrected chi connectivity index (χ1v) is 10.2. The lowest BCUT2D eigenvalue weighted by Gasteiger charge is -2.23. The van der Waals surface area contributed by atoms with Gasteiger partial charge in [-0.3, -0.25) is 4.98 Å². The number of fused-ring (bicyclic) bond motifs is 1. The van der Waals surface area contributed by atoms with Crippen LogP contribution in [0.3, 0.4) is 0 Å². The summed E-state index contributed by atoms with van der Waals surface area (Å²) in [6, 6.07) is 3.34. The van der Waals surface area contributed by atoms with Crippen LogP contribution in [-0.4, -0.2) is 44.1 Å². The van der Waals surface area contributed by atoms with Crippen molar-refractivity contribution in [1.29, 1.82) is 0 Å². The zero-order valence-corrected chi connectivity index (χ0v) is 16.3. The number of nitrogens with one attached hydrogen (secondary N) is 3. The standard InChI is InChI=1S/C18H20F3N7S/c19-18(20,21)14-12(5-3-8-23-14)29-13-10-25-15-16(26-13)28-17(27-15)24-9-6-11-4-1-2-7-22-11/h3,5,8,10-11,22H,1-2,4,6-7,9H2,(H2,24,25,26,27,28). The van der Waals surface area contributed by atoms with Crippen LogP contribution >= 0.6 is 11.8 Å². The van der Waals surface area contributed by atoms with Crippen molar-refractivity contribution >= 4 is 29.0 Å². The van der Waals surface area contributed by atoms with Crippen molar-refractivity contribution in [3.05, 3.63) is 30.2 Å². The van der Waals surface area contributed by atoms with E-state index in [9.17, 15) is 13.2 Å². The minimum absolute atomic E-state index is 0.0218. The Morgan fingerprint density at radius 2 is 2.10 bits per heavy atom. The Labute approximate surface area is 169 Å². The van der Waals surface area contributed by atoms with E-state index >= 15 is 0 Å². The molecule has 154 valence electrons. The maximum Gasteiger partial charge on any atom is 0.434 e. The first-order valence-electron chi connectivity index (χ1n) is 9.39. The summed E-state index contributed by atoms with van der Waals surface area (Å²) in [7, 11) is 0. The number of hydrogen-bond donors (Lipinski definition) is 3. The molecular weight excluding hydrogens is 403 g/mol. The summed E-state index contributed by atoms with van der Waals surface area (Å²) >= 11 is 0.869. The third-order valence-corrected chi connectivity index (χ3v) is 5.59. The van der Waals surface area contributed by atoms with Crippen LogP contribution in [0.25, 0.3) is 11.3 Å². The van der Waals surface area contributed by atoms with E-state index in [1.54, 1.807) is 0 Å². The van der Waals surface area contributed by atoms with Gasteiger partial charge in [-0.25, -0.2) is 9.97 Å². The van der Waals surface area contributed by atoms with Gasteiger partial charge in [0, 0.05) is 23.7 Å². The van der Waals surface area contributed by atoms with Crippen molar-refractivity contribution in [2.24, 2.45) is 0 Å². The highest BCUT2D eigenvalue weighted by Gasteiger charge is 2.35. The Morgan fingerprint density at radius 1 is 1.21 bits per heavy atom. The summed E-state index contributed by atoms with van der Waals surface area (Å²) < 4.78 is 39.4. The number of aromatic amines is 1. The molecule has 3 aromatic heterocycles. The molecule has 29 heavy (non-hydrogen) atoms. The highest BCUT2D eigenvalue weighted by molar-refractivity contribution is 7.99. The van der Waals surface area contributed by atoms with Crippen LogP contribution in [0.1, 0.15) is 31.4 Å². The molecular formula is C18H20F3N7S. The molecule has 1 aliphatic heterocycles. The molecule has 4 rings (SSSR count). The van der Waals surface area contributed by atoms with Gasteiger partial charge in [-0.05, 0) is 37.9 Å². The first-order chi connectivity index (χ1) is 14.0. The third-order valence-electron chi connectivity index (χ3n) is 4.64. The molecule has 0 radical (unpaired) electrons. The maximum atomic E-state index is 13.1. The normalized spacial score (nSPS) is 17.6. The van der Waals surface area contributed by atoms with Crippen LogP contribution in [0, 0.1) is 0 Å². The monoisotopic (exact) mass is 423 g/mol. The summed E-state index contributed by atoms with van der Waals surface area (Å²) in [5.41, 5.74) is -0.101. The minimum Gasteiger partial charge on any atom is -0.356 e. The predicted molar refractivity (Wildman–Crippen MR) is 104 cm³/mol. The Balaban J connectivity index is 1.43. The van der Waals surface area contributed by atoms with Crippen molar-refractivity contribution < 1.29 is 13.2 Å². The number of aromatic nitrogens is 5. The third kappa shape index (κ3) is 4.96. The molecule has 0 spiro atoms. The van der Waals surface area contributed by atoms with Gasteiger partial charge in [-0.1, -0.05) is 18.2 Å². The van der Waals surface area contributed by atoms with E-state index < -0.39 is 11.9 Å². The van der Waals surface area contributed by atoms with E-state index in [0.29, 0.717) is 28.3 Å². The zero-order chi connectivity index (χ0) is 20.3. The number of alkyl halides is 3. The van der Waals surface area contributed by atoms with Gasteiger partial charge in [0.25, 0.3) is 0 Å². The van der Waals surface area contributed by atoms with Gasteiger partial charge in [-0.2, -0.15) is 18.2 Å². The second kappa shape index (κ2) is 8.54. The van der Waals surface area contributed by atoms with Gasteiger partial charge in [0.15, 0.2) is 17.0 Å². The molecule has 3 N–H and O–H groups in total. The van der Waals surface area contributed by atoms with Crippen LogP contribution in [0.15, 0.2) is 34.4 Å². The fraction of sp³-hybridized carbons (Fsp3) is 0.444. The molecule has 0 bridgehead atoms. The second-order valence-electron chi connectivity index (χ2n) is 6.78. The van der Waals surface area contributed by atoms with Crippen molar-refractivity contribution in [2.75, 3.05) is 18.4 Å². The van der Waals surface area contributed by atoms with E-state index in [1.807, 2.05) is 0 Å². The van der Waals surface area contributed by atoms with Gasteiger partial charge in [0.05, 0.1) is 6.20 Å². The molecule has 4 heterocycles. The van der Waals surface area contributed by atoms with Crippen molar-refractivity contribution in [3.8, 4) is 0 Å². The van der Waals surface area contributed by atoms with Crippen LogP contribution < -0.4 is 10.6 Å². The number of anilines is 1. The summed E-state index contributed by atoms with van der Waals surface area (Å²) in [5.74, 6) is 0.551. The quantitative estimate of drug-likeness (QED) is 0.554. The Kier molecular flexibility index (Phi) is 5.86. The lowest BCUT2D eigenvalue weighted by atomic mass is 10.0. The highest BCUT2D eigenvalue weighted by Crippen LogP contribution is 2.37. The first kappa shape index (κ1) is 19.9. The summed E-state index contributed by atoms with van der Waals surface area (Å²) in [4.78, 5) is 19.4. The predicted octanol–water partition coefficient (Wildman–Crippen LogP) is 3.86. The number of nitrogens with zero attached hydrogens (tertiary/aromatic N) is 4. The van der Waals surface area contributed by atoms with Crippen molar-refractivity contribution in [2.45, 2.75) is 47.8 Å². The lowest BCUT2D eigenvalue weighted by Crippen LogP contribution is -2.35. The molecule has 1 fully saturated rings. The molecule has 1 atom stereocenters. The van der Waals surface area contributed by atoms with Gasteiger partial charge in [0.1, 0.15) is 5.03 Å². The number of imidazole rings is 1. The molecule has 7 nitrogen and oxygen atoms in total. The molecule has 0 amide bonds. The average Bonchev–Trinajstić information content (AvgIpc) is 3.10. The van der Waals surface area contributed by atoms with Gasteiger partial charge < -0.3 is 15.6 Å². The topological polar surface area (TPSA) is 91.4 Å². The van der Waals surface area contributed by atoms with E-state index in [-0.39, 0.29) is 4.90 Å². The van der Waals surface area contributed by atoms with E-state index in [4.69, 9.17) is 0 Å². The number of halogens is 3. The maximum absolute atomic E-state index is 13.1. The SMILES string of the molecule is FC(F)(F)c1ncccc1Sc1cnc2nc(NCCC3CCCCN3)[nH]c2n1. The van der Waals surface area contributed by atoms with Crippen LogP contribution in [0.4, 0.5) is 19.1 Å². The minimum atomic E-state index is -4.53. The average molecular weight is 423 g/mol. The van der Waals surface area contributed by atoms with Crippen LogP contribution in [-0.2, 0) is 6.18 Å². The molecule has 0 saturated carbocycles. The Bertz CT molecular complexity index is 969. The smallest absolute Gasteiger partial charge is 0.356 e. The van der Waals surface area contributed by atoms with E-state index in [2.05, 4.69) is 35.6 Å². The Hall–Kier alpha value is -2.40. The van der Waals surface area contributed by atoms with Gasteiger partial charge in [0.2, 0.25) is 5.95 Å². The highest BCUT2D eigenvalue weighted by atomic mass is 32.2. The number of rotatable bonds is 6. The molecule has 1 unspecified atom stereocenters. The number of H-pyrrole nitrogens is 1. The van der Waals surface area contributed by atoms with Crippen LogP contribution in [0.5, 0.6) is 0 Å². The summed E-state index contributed by atoms with van der Waals surface area (Å²) in [5, 5.41) is 7.05. The van der Waals surface area contributed by atoms with Crippen LogP contribution in [0.2, 0.25) is 0 Å². The number of pyridine rings is 1. The fourth-order valence-corrected chi connectivity index (χ4v) is 4.12. The van der Waals surface area contributed by atoms with Crippen molar-refractivity contribution in [3.63, 3.8) is 0 Å². The molecule has 0 aromatic carbocycles. The van der Waals surface area contributed by atoms with E-state index in [1.165, 1.54) is 37.6 Å². The largest absolute Gasteiger partial charge is 0.434 e. The number of hydrogen-bond acceptors (Lipinski definition) is 7. The summed E-state index contributed by atoms with van der Waals surface area (Å²) in [6.07, 6.45) is 2.66. The van der Waals surface area contributed by atoms with Gasteiger partial charge in [-0.15, -0.1) is 0 Å². The number of piperidine rings is 1. The van der Waals surface area contributed by atoms with E-state index in [0.717, 1.165) is 37.5 Å². The van der Waals surface area contributed by atoms with Gasteiger partial charge >= 0.3 is 6.18 Å². The molecule has 11 heteroatoms. The molecule has 1 aliphatic rings. The Morgan fingerprint density at radius 3 is 2.90 bits per heavy atom. The zero-order valence-electron chi connectivity index (χ0n) is 15.5. The second-order valence-corrected chi connectivity index (χ2v) is 7.84. The molecule has 1 saturated heterocycles. The molecule has 3 aromatic rings. The summed E-state index contributed by atoms with van der Waals surface area (Å²) in [6.45, 7) is 1.82. The fourth-order valence-electron chi connectivity index (χ4n) is 3.24. The lowest BCUT2D eigenvalue weighted by molar-refractivity contribution is -0.143.